The third-order valence-corrected chi connectivity index (χ3v) is 10.1. The molecule has 1 saturated carbocycles. The minimum atomic E-state index is -1.14. The molecular formula is C30H29IN2O6. The maximum absolute atomic E-state index is 14.3. The second kappa shape index (κ2) is 9.18. The number of rotatable bonds is 4. The zero-order valence-electron chi connectivity index (χ0n) is 21.9. The maximum atomic E-state index is 14.3. The van der Waals surface area contributed by atoms with Crippen molar-refractivity contribution in [2.24, 2.45) is 29.1 Å². The fraction of sp³-hybridized carbons (Fsp3) is 0.400. The third kappa shape index (κ3) is 3.47. The molecule has 2 heterocycles. The van der Waals surface area contributed by atoms with Crippen molar-refractivity contribution in [3.05, 3.63) is 63.2 Å². The SMILES string of the molecule is CCN1C(=O)C2CC=C3C(CC4C(=O)N(c5ccccc5)C(=O)C4(C)C3c3cc(I)c(O)c(OC)c3)C2C1=O. The number of nitrogens with zero attached hydrogens (tertiary/aromatic N) is 2. The van der Waals surface area contributed by atoms with Crippen LogP contribution in [0.15, 0.2) is 54.1 Å². The van der Waals surface area contributed by atoms with Crippen molar-refractivity contribution < 1.29 is 29.0 Å². The molecular weight excluding hydrogens is 611 g/mol. The number of imide groups is 2. The lowest BCUT2D eigenvalue weighted by atomic mass is 9.51. The second-order valence-electron chi connectivity index (χ2n) is 11.0. The molecule has 4 amide bonds. The molecule has 2 aliphatic heterocycles. The number of benzene rings is 2. The molecule has 2 aliphatic carbocycles. The lowest BCUT2D eigenvalue weighted by Gasteiger charge is -2.49. The number of anilines is 1. The van der Waals surface area contributed by atoms with Crippen LogP contribution in [0.4, 0.5) is 5.69 Å². The van der Waals surface area contributed by atoms with Gasteiger partial charge in [-0.3, -0.25) is 24.1 Å². The van der Waals surface area contributed by atoms with Gasteiger partial charge in [-0.2, -0.15) is 0 Å². The number of methoxy groups -OCH3 is 1. The zero-order valence-corrected chi connectivity index (χ0v) is 24.0. The molecule has 8 nitrogen and oxygen atoms in total. The Balaban J connectivity index is 1.56. The summed E-state index contributed by atoms with van der Waals surface area (Å²) >= 11 is 2.03. The first-order valence-electron chi connectivity index (χ1n) is 13.2. The normalized spacial score (nSPS) is 31.7. The van der Waals surface area contributed by atoms with Gasteiger partial charge in [0.2, 0.25) is 23.6 Å². The fourth-order valence-electron chi connectivity index (χ4n) is 7.51. The van der Waals surface area contributed by atoms with Crippen LogP contribution in [-0.4, -0.2) is 47.3 Å². The van der Waals surface area contributed by atoms with Gasteiger partial charge >= 0.3 is 0 Å². The number of amides is 4. The van der Waals surface area contributed by atoms with E-state index < -0.39 is 29.1 Å². The summed E-state index contributed by atoms with van der Waals surface area (Å²) in [5, 5.41) is 10.6. The maximum Gasteiger partial charge on any atom is 0.241 e. The molecule has 4 aliphatic rings. The summed E-state index contributed by atoms with van der Waals surface area (Å²) in [6.07, 6.45) is 2.75. The van der Waals surface area contributed by atoms with Crippen molar-refractivity contribution in [2.45, 2.75) is 32.6 Å². The van der Waals surface area contributed by atoms with Gasteiger partial charge in [0.1, 0.15) is 0 Å². The summed E-state index contributed by atoms with van der Waals surface area (Å²) in [5.41, 5.74) is 1.02. The molecule has 0 bridgehead atoms. The van der Waals surface area contributed by atoms with Gasteiger partial charge in [-0.25, -0.2) is 4.90 Å². The molecule has 2 aromatic rings. The van der Waals surface area contributed by atoms with Crippen LogP contribution in [0, 0.1) is 32.7 Å². The highest BCUT2D eigenvalue weighted by molar-refractivity contribution is 14.1. The summed E-state index contributed by atoms with van der Waals surface area (Å²) < 4.78 is 6.02. The Bertz CT molecular complexity index is 1450. The fourth-order valence-corrected chi connectivity index (χ4v) is 8.14. The largest absolute Gasteiger partial charge is 0.504 e. The van der Waals surface area contributed by atoms with Crippen molar-refractivity contribution in [1.29, 1.82) is 0 Å². The smallest absolute Gasteiger partial charge is 0.241 e. The summed E-state index contributed by atoms with van der Waals surface area (Å²) in [7, 11) is 1.47. The van der Waals surface area contributed by atoms with Gasteiger partial charge in [0, 0.05) is 12.5 Å². The lowest BCUT2D eigenvalue weighted by Crippen LogP contribution is -2.48. The van der Waals surface area contributed by atoms with Crippen molar-refractivity contribution in [3.63, 3.8) is 0 Å². The first-order valence-corrected chi connectivity index (χ1v) is 14.3. The highest BCUT2D eigenvalue weighted by Gasteiger charge is 2.67. The van der Waals surface area contributed by atoms with Crippen molar-refractivity contribution in [2.75, 3.05) is 18.6 Å². The van der Waals surface area contributed by atoms with E-state index >= 15 is 0 Å². The van der Waals surface area contributed by atoms with Gasteiger partial charge in [0.05, 0.1) is 39.5 Å². The number of carbonyl (C=O) groups excluding carboxylic acids is 4. The summed E-state index contributed by atoms with van der Waals surface area (Å²) in [5.74, 6) is -3.26. The number of para-hydroxylation sites is 1. The van der Waals surface area contributed by atoms with Gasteiger partial charge in [0.15, 0.2) is 11.5 Å². The predicted molar refractivity (Wildman–Crippen MR) is 151 cm³/mol. The number of phenols is 1. The van der Waals surface area contributed by atoms with Crippen LogP contribution in [-0.2, 0) is 19.2 Å². The average Bonchev–Trinajstić information content (AvgIpc) is 3.29. The third-order valence-electron chi connectivity index (χ3n) is 9.30. The van der Waals surface area contributed by atoms with E-state index in [4.69, 9.17) is 4.74 Å². The van der Waals surface area contributed by atoms with Gasteiger partial charge in [-0.15, -0.1) is 0 Å². The number of carbonyl (C=O) groups is 4. The highest BCUT2D eigenvalue weighted by Crippen LogP contribution is 2.64. The van der Waals surface area contributed by atoms with Crippen LogP contribution in [0.2, 0.25) is 0 Å². The minimum Gasteiger partial charge on any atom is -0.504 e. The first kappa shape index (κ1) is 26.0. The van der Waals surface area contributed by atoms with Gasteiger partial charge in [-0.05, 0) is 85.0 Å². The number of hydrogen-bond acceptors (Lipinski definition) is 6. The molecule has 6 rings (SSSR count). The molecule has 6 atom stereocenters. The van der Waals surface area contributed by atoms with Crippen LogP contribution in [0.1, 0.15) is 38.2 Å². The van der Waals surface area contributed by atoms with E-state index in [9.17, 15) is 24.3 Å². The quantitative estimate of drug-likeness (QED) is 0.305. The number of fused-ring (bicyclic) bond motifs is 4. The Morgan fingerprint density at radius 1 is 1.05 bits per heavy atom. The van der Waals surface area contributed by atoms with E-state index in [0.717, 1.165) is 11.1 Å². The Labute approximate surface area is 240 Å². The number of ether oxygens (including phenoxy) is 1. The topological polar surface area (TPSA) is 104 Å². The van der Waals surface area contributed by atoms with Crippen molar-refractivity contribution >= 4 is 51.9 Å². The molecule has 2 saturated heterocycles. The first-order chi connectivity index (χ1) is 18.6. The number of phenolic OH excluding ortho intramolecular Hbond substituents is 1. The van der Waals surface area contributed by atoms with E-state index in [2.05, 4.69) is 0 Å². The second-order valence-corrected chi connectivity index (χ2v) is 12.1. The van der Waals surface area contributed by atoms with E-state index in [0.29, 0.717) is 28.6 Å². The minimum absolute atomic E-state index is 0.00323. The van der Waals surface area contributed by atoms with Gasteiger partial charge < -0.3 is 9.84 Å². The van der Waals surface area contributed by atoms with E-state index in [1.807, 2.05) is 47.7 Å². The van der Waals surface area contributed by atoms with Crippen LogP contribution in [0.5, 0.6) is 11.5 Å². The van der Waals surface area contributed by atoms with Crippen LogP contribution in [0.3, 0.4) is 0 Å². The average molecular weight is 640 g/mol. The van der Waals surface area contributed by atoms with Crippen molar-refractivity contribution in [3.8, 4) is 11.5 Å². The Morgan fingerprint density at radius 2 is 1.77 bits per heavy atom. The molecule has 202 valence electrons. The lowest BCUT2D eigenvalue weighted by molar-refractivity contribution is -0.140. The molecule has 39 heavy (non-hydrogen) atoms. The molecule has 0 radical (unpaired) electrons. The molecule has 2 aromatic carbocycles. The number of allylic oxidation sites excluding steroid dienone is 2. The highest BCUT2D eigenvalue weighted by atomic mass is 127. The molecule has 1 N–H and O–H groups in total. The Hall–Kier alpha value is -3.21. The van der Waals surface area contributed by atoms with Crippen molar-refractivity contribution in [1.82, 2.24) is 4.90 Å². The van der Waals surface area contributed by atoms with E-state index in [-0.39, 0.29) is 41.0 Å². The number of halogens is 1. The molecule has 0 spiro atoms. The Morgan fingerprint density at radius 3 is 2.44 bits per heavy atom. The van der Waals surface area contributed by atoms with Gasteiger partial charge in [-0.1, -0.05) is 29.8 Å². The summed E-state index contributed by atoms with van der Waals surface area (Å²) in [4.78, 5) is 57.7. The predicted octanol–water partition coefficient (Wildman–Crippen LogP) is 4.26. The van der Waals surface area contributed by atoms with Gasteiger partial charge in [0.25, 0.3) is 0 Å². The summed E-state index contributed by atoms with van der Waals surface area (Å²) in [6.45, 7) is 3.95. The van der Waals surface area contributed by atoms with Crippen LogP contribution >= 0.6 is 22.6 Å². The van der Waals surface area contributed by atoms with Crippen LogP contribution in [0.25, 0.3) is 0 Å². The molecule has 0 aromatic heterocycles. The monoisotopic (exact) mass is 640 g/mol. The van der Waals surface area contributed by atoms with E-state index in [1.165, 1.54) is 16.9 Å². The number of hydrogen-bond donors (Lipinski definition) is 1. The van der Waals surface area contributed by atoms with E-state index in [1.54, 1.807) is 37.3 Å². The Kier molecular flexibility index (Phi) is 6.13. The molecule has 6 unspecified atom stereocenters. The standard InChI is InChI=1S/C30H29IN2O6/c1-4-32-26(35)18-11-10-17-19(23(18)28(32)37)14-20-27(36)33(16-8-6-5-7-9-16)29(38)30(20,2)24(17)15-12-21(31)25(34)22(13-15)39-3/h5-10,12-13,18-20,23-24,34H,4,11,14H2,1-3H3. The number of likely N-dealkylation sites (tertiary alicyclic amines) is 1. The molecule has 9 heteroatoms. The molecule has 3 fully saturated rings. The zero-order chi connectivity index (χ0) is 27.8. The number of aromatic hydroxyl groups is 1. The van der Waals surface area contributed by atoms with Crippen LogP contribution < -0.4 is 9.64 Å². The summed E-state index contributed by atoms with van der Waals surface area (Å²) in [6, 6.07) is 12.5.